The van der Waals surface area contributed by atoms with Crippen molar-refractivity contribution in [3.8, 4) is 11.5 Å². The second-order valence-corrected chi connectivity index (χ2v) is 12.0. The van der Waals surface area contributed by atoms with Gasteiger partial charge in [0, 0.05) is 16.9 Å². The van der Waals surface area contributed by atoms with Crippen molar-refractivity contribution >= 4 is 56.5 Å². The van der Waals surface area contributed by atoms with Crippen LogP contribution < -0.4 is 14.4 Å². The SMILES string of the molecule is O=C1C(=O)N(c2nnc(SCc3cccc4ccccc34)s2)[C@H](c2ccccc2F)/C1=C(\O)c1ccc2c(c1)OCCO2. The number of Topliss-reactive ketones (excluding diaryl/α,β-unsaturated/α-hetero) is 1. The first kappa shape index (κ1) is 27.1. The number of carbonyl (C=O) groups excluding carboxylic acids is 2. The van der Waals surface area contributed by atoms with E-state index >= 15 is 4.39 Å². The van der Waals surface area contributed by atoms with Crippen LogP contribution >= 0.6 is 23.1 Å². The van der Waals surface area contributed by atoms with E-state index in [-0.39, 0.29) is 21.8 Å². The van der Waals surface area contributed by atoms with Crippen LogP contribution in [0.5, 0.6) is 11.5 Å². The molecule has 0 bridgehead atoms. The van der Waals surface area contributed by atoms with Gasteiger partial charge in [-0.1, -0.05) is 83.8 Å². The van der Waals surface area contributed by atoms with Crippen molar-refractivity contribution in [2.75, 3.05) is 18.1 Å². The van der Waals surface area contributed by atoms with E-state index in [1.165, 1.54) is 36.0 Å². The Labute approximate surface area is 253 Å². The maximum atomic E-state index is 15.3. The van der Waals surface area contributed by atoms with E-state index in [1.807, 2.05) is 24.3 Å². The summed E-state index contributed by atoms with van der Waals surface area (Å²) >= 11 is 2.57. The van der Waals surface area contributed by atoms with E-state index in [9.17, 15) is 14.7 Å². The van der Waals surface area contributed by atoms with E-state index in [4.69, 9.17) is 9.47 Å². The highest BCUT2D eigenvalue weighted by Gasteiger charge is 2.49. The molecule has 1 amide bonds. The van der Waals surface area contributed by atoms with Gasteiger partial charge in [-0.25, -0.2) is 4.39 Å². The lowest BCUT2D eigenvalue weighted by atomic mass is 9.95. The van der Waals surface area contributed by atoms with E-state index in [0.29, 0.717) is 34.8 Å². The fourth-order valence-corrected chi connectivity index (χ4v) is 7.15. The lowest BCUT2D eigenvalue weighted by Crippen LogP contribution is -2.29. The molecule has 0 saturated carbocycles. The smallest absolute Gasteiger partial charge is 0.301 e. The highest BCUT2D eigenvalue weighted by atomic mass is 32.2. The molecular weight excluding hydrogens is 590 g/mol. The molecular formula is C32H22FN3O5S2. The molecule has 1 atom stereocenters. The van der Waals surface area contributed by atoms with E-state index in [1.54, 1.807) is 18.2 Å². The molecule has 214 valence electrons. The first-order valence-electron chi connectivity index (χ1n) is 13.4. The summed E-state index contributed by atoms with van der Waals surface area (Å²) in [5.41, 5.74) is 1.13. The molecule has 1 N–H and O–H groups in total. The Morgan fingerprint density at radius 3 is 2.58 bits per heavy atom. The number of ketones is 1. The number of hydrogen-bond acceptors (Lipinski definition) is 9. The summed E-state index contributed by atoms with van der Waals surface area (Å²) in [4.78, 5) is 28.1. The van der Waals surface area contributed by atoms with Gasteiger partial charge in [0.15, 0.2) is 15.8 Å². The molecule has 8 nitrogen and oxygen atoms in total. The number of thioether (sulfide) groups is 1. The number of rotatable bonds is 6. The fourth-order valence-electron chi connectivity index (χ4n) is 5.28. The minimum atomic E-state index is -1.27. The van der Waals surface area contributed by atoms with Gasteiger partial charge in [0.25, 0.3) is 5.78 Å². The molecule has 3 heterocycles. The van der Waals surface area contributed by atoms with Gasteiger partial charge in [0.05, 0.1) is 5.57 Å². The number of benzene rings is 4. The van der Waals surface area contributed by atoms with Crippen LogP contribution in [0.4, 0.5) is 9.52 Å². The van der Waals surface area contributed by atoms with Crippen LogP contribution in [0.3, 0.4) is 0 Å². The highest BCUT2D eigenvalue weighted by Crippen LogP contribution is 2.45. The molecule has 4 aromatic carbocycles. The largest absolute Gasteiger partial charge is 0.507 e. The lowest BCUT2D eigenvalue weighted by molar-refractivity contribution is -0.132. The van der Waals surface area contributed by atoms with Crippen molar-refractivity contribution in [1.29, 1.82) is 0 Å². The third kappa shape index (κ3) is 4.90. The van der Waals surface area contributed by atoms with Crippen LogP contribution in [-0.2, 0) is 15.3 Å². The predicted octanol–water partition coefficient (Wildman–Crippen LogP) is 6.52. The molecule has 7 rings (SSSR count). The molecule has 0 radical (unpaired) electrons. The predicted molar refractivity (Wildman–Crippen MR) is 162 cm³/mol. The van der Waals surface area contributed by atoms with Crippen molar-refractivity contribution < 1.29 is 28.6 Å². The minimum Gasteiger partial charge on any atom is -0.507 e. The average Bonchev–Trinajstić information content (AvgIpc) is 3.61. The Hall–Kier alpha value is -4.74. The monoisotopic (exact) mass is 611 g/mol. The minimum absolute atomic E-state index is 0.0425. The van der Waals surface area contributed by atoms with Crippen LogP contribution in [0.15, 0.2) is 94.8 Å². The second kappa shape index (κ2) is 11.2. The average molecular weight is 612 g/mol. The number of halogens is 1. The number of nitrogens with zero attached hydrogens (tertiary/aromatic N) is 3. The van der Waals surface area contributed by atoms with Gasteiger partial charge >= 0.3 is 5.91 Å². The van der Waals surface area contributed by atoms with Gasteiger partial charge in [0.1, 0.15) is 30.8 Å². The number of aliphatic hydroxyl groups is 1. The molecule has 2 aliphatic heterocycles. The summed E-state index contributed by atoms with van der Waals surface area (Å²) < 4.78 is 27.0. The van der Waals surface area contributed by atoms with Crippen LogP contribution in [0.25, 0.3) is 16.5 Å². The summed E-state index contributed by atoms with van der Waals surface area (Å²) in [6, 6.07) is 23.5. The van der Waals surface area contributed by atoms with Gasteiger partial charge in [-0.2, -0.15) is 0 Å². The maximum absolute atomic E-state index is 15.3. The molecule has 11 heteroatoms. The Kier molecular flexibility index (Phi) is 7.04. The number of amides is 1. The Bertz CT molecular complexity index is 1940. The number of ether oxygens (including phenoxy) is 2. The highest BCUT2D eigenvalue weighted by molar-refractivity contribution is 8.00. The summed E-state index contributed by atoms with van der Waals surface area (Å²) in [5, 5.41) is 22.3. The van der Waals surface area contributed by atoms with Crippen molar-refractivity contribution in [2.24, 2.45) is 0 Å². The van der Waals surface area contributed by atoms with Crippen molar-refractivity contribution in [2.45, 2.75) is 16.1 Å². The Morgan fingerprint density at radius 2 is 1.72 bits per heavy atom. The zero-order valence-electron chi connectivity index (χ0n) is 22.4. The van der Waals surface area contributed by atoms with Crippen molar-refractivity contribution in [3.05, 3.63) is 113 Å². The summed E-state index contributed by atoms with van der Waals surface area (Å²) in [5.74, 6) is -1.49. The van der Waals surface area contributed by atoms with Gasteiger partial charge in [-0.05, 0) is 40.6 Å². The topological polar surface area (TPSA) is 102 Å². The van der Waals surface area contributed by atoms with Gasteiger partial charge in [0.2, 0.25) is 5.13 Å². The molecule has 43 heavy (non-hydrogen) atoms. The molecule has 0 aliphatic carbocycles. The van der Waals surface area contributed by atoms with E-state index < -0.39 is 29.3 Å². The van der Waals surface area contributed by atoms with Crippen molar-refractivity contribution in [1.82, 2.24) is 10.2 Å². The van der Waals surface area contributed by atoms with Crippen LogP contribution in [0.1, 0.15) is 22.7 Å². The normalized spacial score (nSPS) is 17.5. The van der Waals surface area contributed by atoms with Gasteiger partial charge < -0.3 is 14.6 Å². The first-order valence-corrected chi connectivity index (χ1v) is 15.2. The summed E-state index contributed by atoms with van der Waals surface area (Å²) in [7, 11) is 0. The first-order chi connectivity index (χ1) is 21.0. The fraction of sp³-hybridized carbons (Fsp3) is 0.125. The number of aromatic nitrogens is 2. The van der Waals surface area contributed by atoms with Crippen LogP contribution in [0, 0.1) is 5.82 Å². The summed E-state index contributed by atoms with van der Waals surface area (Å²) in [6.07, 6.45) is 0. The number of anilines is 1. The maximum Gasteiger partial charge on any atom is 0.301 e. The zero-order chi connectivity index (χ0) is 29.5. The molecule has 1 saturated heterocycles. The number of fused-ring (bicyclic) bond motifs is 2. The van der Waals surface area contributed by atoms with Gasteiger partial charge in [-0.15, -0.1) is 10.2 Å². The van der Waals surface area contributed by atoms with Crippen molar-refractivity contribution in [3.63, 3.8) is 0 Å². The molecule has 0 unspecified atom stereocenters. The third-order valence-electron chi connectivity index (χ3n) is 7.29. The molecule has 5 aromatic rings. The Morgan fingerprint density at radius 1 is 0.953 bits per heavy atom. The molecule has 2 aliphatic rings. The second-order valence-electron chi connectivity index (χ2n) is 9.83. The van der Waals surface area contributed by atoms with E-state index in [0.717, 1.165) is 32.6 Å². The molecule has 1 fully saturated rings. The lowest BCUT2D eigenvalue weighted by Gasteiger charge is -2.23. The number of aliphatic hydroxyl groups excluding tert-OH is 1. The third-order valence-corrected chi connectivity index (χ3v) is 9.40. The van der Waals surface area contributed by atoms with Crippen LogP contribution in [-0.4, -0.2) is 40.2 Å². The standard InChI is InChI=1S/C32H22FN3O5S2/c33-23-11-4-3-10-22(23)27-26(28(37)19-12-13-24-25(16-19)41-15-14-40-24)29(38)30(39)36(27)31-34-35-32(43-31)42-17-20-8-5-7-18-6-1-2-9-21(18)20/h1-13,16,27,37H,14-15,17H2/b28-26+/t27-/m1/s1. The molecule has 0 spiro atoms. The number of carbonyl (C=O) groups is 2. The van der Waals surface area contributed by atoms with Crippen LogP contribution in [0.2, 0.25) is 0 Å². The zero-order valence-corrected chi connectivity index (χ0v) is 24.0. The molecule has 1 aromatic heterocycles. The number of hydrogen-bond donors (Lipinski definition) is 1. The quantitative estimate of drug-likeness (QED) is 0.0762. The Balaban J connectivity index is 1.26. The van der Waals surface area contributed by atoms with Gasteiger partial charge in [-0.3, -0.25) is 14.5 Å². The van der Waals surface area contributed by atoms with E-state index in [2.05, 4.69) is 28.4 Å². The summed E-state index contributed by atoms with van der Waals surface area (Å²) in [6.45, 7) is 0.718.